The van der Waals surface area contributed by atoms with Crippen LogP contribution in [0, 0.1) is 6.92 Å². The summed E-state index contributed by atoms with van der Waals surface area (Å²) in [5.41, 5.74) is 1.31. The highest BCUT2D eigenvalue weighted by atomic mass is 35.5. The van der Waals surface area contributed by atoms with E-state index in [1.807, 2.05) is 13.0 Å². The van der Waals surface area contributed by atoms with Crippen LogP contribution in [0.2, 0.25) is 20.2 Å². The fourth-order valence-corrected chi connectivity index (χ4v) is 2.55. The molecule has 2 aromatic rings. The summed E-state index contributed by atoms with van der Waals surface area (Å²) in [5, 5.41) is 2.47. The van der Waals surface area contributed by atoms with Crippen molar-refractivity contribution >= 4 is 58.0 Å². The van der Waals surface area contributed by atoms with Crippen molar-refractivity contribution < 1.29 is 9.53 Å². The Morgan fingerprint density at radius 1 is 1.14 bits per heavy atom. The van der Waals surface area contributed by atoms with Gasteiger partial charge >= 0.3 is 0 Å². The smallest absolute Gasteiger partial charge is 0.276 e. The van der Waals surface area contributed by atoms with Crippen molar-refractivity contribution in [1.29, 1.82) is 0 Å². The van der Waals surface area contributed by atoms with Gasteiger partial charge in [-0.05, 0) is 24.6 Å². The van der Waals surface area contributed by atoms with Gasteiger partial charge < -0.3 is 10.1 Å². The van der Waals surface area contributed by atoms with E-state index in [4.69, 9.17) is 51.1 Å². The van der Waals surface area contributed by atoms with Crippen LogP contribution in [0.15, 0.2) is 18.2 Å². The van der Waals surface area contributed by atoms with Crippen molar-refractivity contribution in [3.63, 3.8) is 0 Å². The van der Waals surface area contributed by atoms with Crippen LogP contribution in [-0.2, 0) is 0 Å². The Morgan fingerprint density at radius 2 is 1.82 bits per heavy atom. The van der Waals surface area contributed by atoms with Crippen LogP contribution >= 0.6 is 46.4 Å². The molecule has 22 heavy (non-hydrogen) atoms. The Morgan fingerprint density at radius 3 is 2.45 bits per heavy atom. The monoisotopic (exact) mass is 378 g/mol. The van der Waals surface area contributed by atoms with Crippen LogP contribution < -0.4 is 10.1 Å². The third-order valence-corrected chi connectivity index (χ3v) is 4.48. The molecular formula is C14H10Cl4N2O2. The zero-order chi connectivity index (χ0) is 16.4. The lowest BCUT2D eigenvalue weighted by Gasteiger charge is -2.12. The highest BCUT2D eigenvalue weighted by molar-refractivity contribution is 6.52. The Balaban J connectivity index is 2.40. The summed E-state index contributed by atoms with van der Waals surface area (Å²) in [6, 6.07) is 5.35. The summed E-state index contributed by atoms with van der Waals surface area (Å²) in [4.78, 5) is 16.2. The average Bonchev–Trinajstić information content (AvgIpc) is 2.49. The Bertz CT molecular complexity index is 750. The first-order valence-corrected chi connectivity index (χ1v) is 7.52. The molecule has 4 nitrogen and oxygen atoms in total. The Hall–Kier alpha value is -1.20. The van der Waals surface area contributed by atoms with Crippen LogP contribution in [0.3, 0.4) is 0 Å². The molecule has 0 saturated carbocycles. The molecule has 0 aliphatic heterocycles. The van der Waals surface area contributed by atoms with E-state index < -0.39 is 5.91 Å². The van der Waals surface area contributed by atoms with Crippen LogP contribution in [0.4, 0.5) is 5.69 Å². The zero-order valence-corrected chi connectivity index (χ0v) is 14.5. The summed E-state index contributed by atoms with van der Waals surface area (Å²) >= 11 is 23.6. The zero-order valence-electron chi connectivity index (χ0n) is 11.5. The van der Waals surface area contributed by atoms with Gasteiger partial charge in [-0.2, -0.15) is 0 Å². The third kappa shape index (κ3) is 3.41. The molecule has 1 aromatic heterocycles. The van der Waals surface area contributed by atoms with Gasteiger partial charge in [0.25, 0.3) is 5.91 Å². The molecule has 0 bridgehead atoms. The summed E-state index contributed by atoms with van der Waals surface area (Å²) < 4.78 is 5.19. The normalized spacial score (nSPS) is 10.5. The molecule has 2 rings (SSSR count). The fraction of sp³-hybridized carbons (Fsp3) is 0.143. The van der Waals surface area contributed by atoms with Gasteiger partial charge in [-0.25, -0.2) is 4.98 Å². The summed E-state index contributed by atoms with van der Waals surface area (Å²) in [7, 11) is 1.50. The number of methoxy groups -OCH3 is 1. The Labute approximate surface area is 147 Å². The van der Waals surface area contributed by atoms with Gasteiger partial charge in [0.2, 0.25) is 0 Å². The molecule has 1 heterocycles. The minimum atomic E-state index is -0.575. The highest BCUT2D eigenvalue weighted by Crippen LogP contribution is 2.36. The Kier molecular flexibility index (Phi) is 5.40. The molecule has 0 saturated heterocycles. The molecule has 0 fully saturated rings. The maximum atomic E-state index is 12.4. The van der Waals surface area contributed by atoms with E-state index in [-0.39, 0.29) is 25.9 Å². The van der Waals surface area contributed by atoms with Crippen LogP contribution in [-0.4, -0.2) is 18.0 Å². The number of ether oxygens (including phenoxy) is 1. The van der Waals surface area contributed by atoms with Gasteiger partial charge in [0, 0.05) is 0 Å². The predicted molar refractivity (Wildman–Crippen MR) is 90.0 cm³/mol. The minimum Gasteiger partial charge on any atom is -0.495 e. The molecule has 1 aromatic carbocycles. The second kappa shape index (κ2) is 6.92. The number of anilines is 1. The van der Waals surface area contributed by atoms with Gasteiger partial charge in [-0.15, -0.1) is 0 Å². The van der Waals surface area contributed by atoms with Gasteiger partial charge in [0.05, 0.1) is 27.9 Å². The van der Waals surface area contributed by atoms with Crippen molar-refractivity contribution in [2.45, 2.75) is 6.92 Å². The van der Waals surface area contributed by atoms with E-state index in [1.54, 1.807) is 12.1 Å². The lowest BCUT2D eigenvalue weighted by Crippen LogP contribution is -2.15. The minimum absolute atomic E-state index is 0.00183. The maximum absolute atomic E-state index is 12.4. The van der Waals surface area contributed by atoms with E-state index in [0.717, 1.165) is 5.56 Å². The second-order valence-electron chi connectivity index (χ2n) is 4.35. The molecule has 0 aliphatic carbocycles. The van der Waals surface area contributed by atoms with Gasteiger partial charge in [-0.1, -0.05) is 52.5 Å². The number of hydrogen-bond donors (Lipinski definition) is 1. The number of rotatable bonds is 3. The quantitative estimate of drug-likeness (QED) is 0.739. The topological polar surface area (TPSA) is 51.2 Å². The molecule has 0 radical (unpaired) electrons. The number of carbonyl (C=O) groups excluding carboxylic acids is 1. The number of pyridine rings is 1. The number of nitrogens with one attached hydrogen (secondary N) is 1. The largest absolute Gasteiger partial charge is 0.495 e. The molecular weight excluding hydrogens is 370 g/mol. The van der Waals surface area contributed by atoms with E-state index >= 15 is 0 Å². The molecule has 0 spiro atoms. The molecule has 0 aliphatic rings. The molecule has 1 amide bonds. The number of benzene rings is 1. The highest BCUT2D eigenvalue weighted by Gasteiger charge is 2.21. The van der Waals surface area contributed by atoms with Crippen molar-refractivity contribution in [3.8, 4) is 5.75 Å². The molecule has 0 atom stereocenters. The first-order valence-electron chi connectivity index (χ1n) is 6.01. The van der Waals surface area contributed by atoms with Crippen molar-refractivity contribution in [2.75, 3.05) is 12.4 Å². The first-order chi connectivity index (χ1) is 10.3. The first kappa shape index (κ1) is 17.2. The van der Waals surface area contributed by atoms with Gasteiger partial charge in [-0.3, -0.25) is 4.79 Å². The number of carbonyl (C=O) groups is 1. The van der Waals surface area contributed by atoms with E-state index in [0.29, 0.717) is 11.4 Å². The van der Waals surface area contributed by atoms with E-state index in [2.05, 4.69) is 10.3 Å². The van der Waals surface area contributed by atoms with Crippen LogP contribution in [0.25, 0.3) is 0 Å². The molecule has 8 heteroatoms. The van der Waals surface area contributed by atoms with Crippen molar-refractivity contribution in [1.82, 2.24) is 4.98 Å². The lowest BCUT2D eigenvalue weighted by atomic mass is 10.2. The van der Waals surface area contributed by atoms with Crippen molar-refractivity contribution in [2.24, 2.45) is 0 Å². The summed E-state index contributed by atoms with van der Waals surface area (Å²) in [5.74, 6) is -0.0735. The maximum Gasteiger partial charge on any atom is 0.276 e. The van der Waals surface area contributed by atoms with Crippen LogP contribution in [0.5, 0.6) is 5.75 Å². The van der Waals surface area contributed by atoms with Gasteiger partial charge in [0.1, 0.15) is 16.6 Å². The molecule has 0 unspecified atom stereocenters. The second-order valence-corrected chi connectivity index (χ2v) is 5.84. The fourth-order valence-electron chi connectivity index (χ4n) is 1.74. The molecule has 1 N–H and O–H groups in total. The van der Waals surface area contributed by atoms with Crippen LogP contribution in [0.1, 0.15) is 16.1 Å². The average molecular weight is 380 g/mol. The molecule has 116 valence electrons. The van der Waals surface area contributed by atoms with E-state index in [1.165, 1.54) is 7.11 Å². The SMILES string of the molecule is COc1ccc(C)cc1NC(=O)c1nc(Cl)c(Cl)c(Cl)c1Cl. The van der Waals surface area contributed by atoms with Crippen molar-refractivity contribution in [3.05, 3.63) is 49.7 Å². The number of hydrogen-bond acceptors (Lipinski definition) is 3. The predicted octanol–water partition coefficient (Wildman–Crippen LogP) is 5.26. The lowest BCUT2D eigenvalue weighted by molar-refractivity contribution is 0.102. The van der Waals surface area contributed by atoms with Gasteiger partial charge in [0.15, 0.2) is 0 Å². The number of halogens is 4. The third-order valence-electron chi connectivity index (χ3n) is 2.80. The standard InChI is InChI=1S/C14H10Cl4N2O2/c1-6-3-4-8(22-2)7(5-6)19-14(21)12-10(16)9(15)11(17)13(18)20-12/h3-5H,1-2H3,(H,19,21). The van der Waals surface area contributed by atoms with E-state index in [9.17, 15) is 4.79 Å². The number of aryl methyl sites for hydroxylation is 1. The summed E-state index contributed by atoms with van der Waals surface area (Å²) in [6.07, 6.45) is 0. The summed E-state index contributed by atoms with van der Waals surface area (Å²) in [6.45, 7) is 1.89. The number of nitrogens with zero attached hydrogens (tertiary/aromatic N) is 1. The number of aromatic nitrogens is 1. The number of amides is 1.